The summed E-state index contributed by atoms with van der Waals surface area (Å²) in [6.45, 7) is 0.672. The third-order valence-electron chi connectivity index (χ3n) is 6.04. The van der Waals surface area contributed by atoms with Crippen LogP contribution in [0.4, 0.5) is 27.9 Å². The molecule has 2 aromatic heterocycles. The van der Waals surface area contributed by atoms with Gasteiger partial charge in [0.1, 0.15) is 6.07 Å². The van der Waals surface area contributed by atoms with Gasteiger partial charge in [0.25, 0.3) is 0 Å². The van der Waals surface area contributed by atoms with Crippen molar-refractivity contribution in [3.05, 3.63) is 34.6 Å². The van der Waals surface area contributed by atoms with Gasteiger partial charge in [-0.25, -0.2) is 9.78 Å². The molecule has 1 aromatic carbocycles. The van der Waals surface area contributed by atoms with Crippen LogP contribution in [0.2, 0.25) is 5.02 Å². The molecule has 1 unspecified atom stereocenters. The molecule has 2 aliphatic rings. The fourth-order valence-corrected chi connectivity index (χ4v) is 4.43. The second-order valence-corrected chi connectivity index (χ2v) is 8.90. The predicted molar refractivity (Wildman–Crippen MR) is 130 cm³/mol. The van der Waals surface area contributed by atoms with Gasteiger partial charge in [0, 0.05) is 26.2 Å². The topological polar surface area (TPSA) is 177 Å². The molecule has 1 saturated heterocycles. The Balaban J connectivity index is 1.51. The van der Waals surface area contributed by atoms with Crippen LogP contribution < -0.4 is 20.9 Å². The van der Waals surface area contributed by atoms with Gasteiger partial charge in [0.15, 0.2) is 17.2 Å². The monoisotopic (exact) mass is 508 g/mol. The maximum absolute atomic E-state index is 11.2. The van der Waals surface area contributed by atoms with Crippen LogP contribution in [0, 0.1) is 22.7 Å². The number of imidazole rings is 1. The number of anilines is 4. The van der Waals surface area contributed by atoms with Gasteiger partial charge in [-0.15, -0.1) is 5.10 Å². The standard InChI is InChI=1S/C22H21ClN10O3/c1-36-17-10-32(9-15(17)29-22(34)35)16-5-11(6-24)4-14(18(16)23)28-21-30-19(27-12-2-3-12)20-26-8-13(7-25)33(20)31-21/h4-5,8,12,15,17,29H,2-3,9-10H2,1H3,(H,34,35)(H2,27,28,30,31)/t15?,17-/m1/s1. The second kappa shape index (κ2) is 9.37. The molecule has 1 aliphatic heterocycles. The highest BCUT2D eigenvalue weighted by Gasteiger charge is 2.35. The summed E-state index contributed by atoms with van der Waals surface area (Å²) in [6.07, 6.45) is 1.91. The molecule has 2 fully saturated rings. The molecule has 1 saturated carbocycles. The molecule has 13 nitrogen and oxygen atoms in total. The van der Waals surface area contributed by atoms with Crippen LogP contribution in [0.1, 0.15) is 24.1 Å². The van der Waals surface area contributed by atoms with Crippen molar-refractivity contribution in [3.63, 3.8) is 0 Å². The predicted octanol–water partition coefficient (Wildman–Crippen LogP) is 2.31. The van der Waals surface area contributed by atoms with E-state index in [1.54, 1.807) is 12.1 Å². The minimum Gasteiger partial charge on any atom is -0.465 e. The Bertz CT molecular complexity index is 1420. The average Bonchev–Trinajstić information content (AvgIpc) is 3.43. The van der Waals surface area contributed by atoms with E-state index in [1.807, 2.05) is 4.90 Å². The van der Waals surface area contributed by atoms with Gasteiger partial charge in [-0.3, -0.25) is 0 Å². The first-order chi connectivity index (χ1) is 17.4. The van der Waals surface area contributed by atoms with Crippen LogP contribution in [-0.4, -0.2) is 69.2 Å². The number of fused-ring (bicyclic) bond motifs is 1. The van der Waals surface area contributed by atoms with Crippen molar-refractivity contribution < 1.29 is 14.6 Å². The van der Waals surface area contributed by atoms with Crippen LogP contribution in [0.3, 0.4) is 0 Å². The minimum absolute atomic E-state index is 0.157. The van der Waals surface area contributed by atoms with E-state index in [4.69, 9.17) is 21.4 Å². The fraction of sp³-hybridized carbons (Fsp3) is 0.364. The highest BCUT2D eigenvalue weighted by Crippen LogP contribution is 2.38. The van der Waals surface area contributed by atoms with E-state index in [-0.39, 0.29) is 17.7 Å². The number of nitrogens with zero attached hydrogens (tertiary/aromatic N) is 7. The summed E-state index contributed by atoms with van der Waals surface area (Å²) in [5.74, 6) is 0.638. The first-order valence-electron chi connectivity index (χ1n) is 11.1. The number of benzene rings is 1. The molecule has 3 heterocycles. The number of methoxy groups -OCH3 is 1. The van der Waals surface area contributed by atoms with E-state index < -0.39 is 18.2 Å². The van der Waals surface area contributed by atoms with Gasteiger partial charge < -0.3 is 30.7 Å². The van der Waals surface area contributed by atoms with Crippen molar-refractivity contribution in [1.29, 1.82) is 10.5 Å². The Labute approximate surface area is 210 Å². The van der Waals surface area contributed by atoms with Gasteiger partial charge in [0.2, 0.25) is 5.95 Å². The lowest BCUT2D eigenvalue weighted by atomic mass is 10.1. The number of rotatable bonds is 7. The fourth-order valence-electron chi connectivity index (χ4n) is 4.15. The maximum Gasteiger partial charge on any atom is 0.405 e. The molecule has 1 aliphatic carbocycles. The highest BCUT2D eigenvalue weighted by atomic mass is 35.5. The molecule has 184 valence electrons. The molecule has 5 rings (SSSR count). The van der Waals surface area contributed by atoms with Crippen molar-refractivity contribution in [1.82, 2.24) is 24.9 Å². The van der Waals surface area contributed by atoms with Crippen LogP contribution in [0.25, 0.3) is 5.65 Å². The lowest BCUT2D eigenvalue weighted by molar-refractivity contribution is 0.0949. The number of amides is 1. The van der Waals surface area contributed by atoms with Crippen molar-refractivity contribution in [2.75, 3.05) is 35.7 Å². The Kier molecular flexibility index (Phi) is 6.10. The third kappa shape index (κ3) is 4.49. The summed E-state index contributed by atoms with van der Waals surface area (Å²) in [6, 6.07) is 7.20. The van der Waals surface area contributed by atoms with E-state index in [0.29, 0.717) is 46.5 Å². The SMILES string of the molecule is CO[C@@H]1CN(c2cc(C#N)cc(Nc3nc(NC4CC4)c4ncc(C#N)n4n3)c2Cl)CC1NC(=O)O. The number of halogens is 1. The smallest absolute Gasteiger partial charge is 0.405 e. The Morgan fingerprint density at radius 3 is 2.75 bits per heavy atom. The molecule has 1 amide bonds. The van der Waals surface area contributed by atoms with Crippen molar-refractivity contribution in [3.8, 4) is 12.1 Å². The van der Waals surface area contributed by atoms with E-state index in [9.17, 15) is 15.3 Å². The van der Waals surface area contributed by atoms with Gasteiger partial charge >= 0.3 is 6.09 Å². The Hall–Kier alpha value is -4.33. The summed E-state index contributed by atoms with van der Waals surface area (Å²) in [4.78, 5) is 21.9. The summed E-state index contributed by atoms with van der Waals surface area (Å²) in [5.41, 5.74) is 1.92. The van der Waals surface area contributed by atoms with Gasteiger partial charge in [-0.1, -0.05) is 11.6 Å². The zero-order valence-electron chi connectivity index (χ0n) is 19.1. The lowest BCUT2D eigenvalue weighted by Gasteiger charge is -2.22. The van der Waals surface area contributed by atoms with E-state index in [2.05, 4.69) is 43.2 Å². The molecule has 14 heteroatoms. The number of hydrogen-bond acceptors (Lipinski definition) is 10. The number of aromatic nitrogens is 4. The quantitative estimate of drug-likeness (QED) is 0.368. The van der Waals surface area contributed by atoms with Crippen LogP contribution in [-0.2, 0) is 4.74 Å². The first kappa shape index (κ1) is 23.4. The Morgan fingerprint density at radius 2 is 2.08 bits per heavy atom. The van der Waals surface area contributed by atoms with Gasteiger partial charge in [-0.05, 0) is 25.0 Å². The number of carbonyl (C=O) groups is 1. The van der Waals surface area contributed by atoms with E-state index in [1.165, 1.54) is 17.8 Å². The molecule has 3 aromatic rings. The summed E-state index contributed by atoms with van der Waals surface area (Å²) >= 11 is 6.77. The Morgan fingerprint density at radius 1 is 1.28 bits per heavy atom. The number of carboxylic acid groups (broad SMARTS) is 1. The number of nitriles is 2. The van der Waals surface area contributed by atoms with E-state index in [0.717, 1.165) is 12.8 Å². The average molecular weight is 509 g/mol. The molecule has 0 radical (unpaired) electrons. The normalized spacial score (nSPS) is 19.1. The van der Waals surface area contributed by atoms with Crippen LogP contribution in [0.5, 0.6) is 0 Å². The third-order valence-corrected chi connectivity index (χ3v) is 6.44. The summed E-state index contributed by atoms with van der Waals surface area (Å²) < 4.78 is 6.85. The number of ether oxygens (including phenoxy) is 1. The van der Waals surface area contributed by atoms with Crippen molar-refractivity contribution in [2.45, 2.75) is 31.0 Å². The van der Waals surface area contributed by atoms with Gasteiger partial charge in [0.05, 0.1) is 46.4 Å². The maximum atomic E-state index is 11.2. The molecule has 0 bridgehead atoms. The molecule has 0 spiro atoms. The molecule has 4 N–H and O–H groups in total. The molecule has 2 atom stereocenters. The lowest BCUT2D eigenvalue weighted by Crippen LogP contribution is -2.42. The zero-order valence-corrected chi connectivity index (χ0v) is 19.8. The molecule has 36 heavy (non-hydrogen) atoms. The molecular formula is C22H21ClN10O3. The summed E-state index contributed by atoms with van der Waals surface area (Å²) in [5, 5.41) is 41.8. The zero-order chi connectivity index (χ0) is 25.4. The second-order valence-electron chi connectivity index (χ2n) is 8.52. The van der Waals surface area contributed by atoms with Gasteiger partial charge in [-0.2, -0.15) is 20.0 Å². The van der Waals surface area contributed by atoms with E-state index >= 15 is 0 Å². The van der Waals surface area contributed by atoms with Crippen molar-refractivity contribution in [2.24, 2.45) is 0 Å². The number of nitrogens with one attached hydrogen (secondary N) is 3. The highest BCUT2D eigenvalue weighted by molar-refractivity contribution is 6.36. The molecular weight excluding hydrogens is 488 g/mol. The first-order valence-corrected chi connectivity index (χ1v) is 11.5. The number of hydrogen-bond donors (Lipinski definition) is 4. The minimum atomic E-state index is -1.15. The van der Waals surface area contributed by atoms with Crippen LogP contribution >= 0.6 is 11.6 Å². The van der Waals surface area contributed by atoms with Crippen molar-refractivity contribution >= 4 is 46.5 Å². The largest absolute Gasteiger partial charge is 0.465 e. The van der Waals surface area contributed by atoms with Crippen LogP contribution in [0.15, 0.2) is 18.3 Å². The summed E-state index contributed by atoms with van der Waals surface area (Å²) in [7, 11) is 1.51.